The standard InChI is InChI=1S/C12H16O3/c1-8(12(13)14)10-4-6-11(7-5-10)9(2)15-3/h4-9H,1-3H3,(H,13,14)/t8-,9+/m1/s1. The Morgan fingerprint density at radius 3 is 2.07 bits per heavy atom. The third-order valence-corrected chi connectivity index (χ3v) is 2.63. The second-order valence-corrected chi connectivity index (χ2v) is 3.60. The van der Waals surface area contributed by atoms with E-state index in [-0.39, 0.29) is 6.10 Å². The largest absolute Gasteiger partial charge is 0.481 e. The molecule has 3 heteroatoms. The number of ether oxygens (including phenoxy) is 1. The molecule has 0 spiro atoms. The average Bonchev–Trinajstić information content (AvgIpc) is 2.27. The Hall–Kier alpha value is -1.35. The van der Waals surface area contributed by atoms with Crippen LogP contribution in [0.1, 0.15) is 37.0 Å². The average molecular weight is 208 g/mol. The number of aliphatic carboxylic acids is 1. The fourth-order valence-electron chi connectivity index (χ4n) is 1.33. The van der Waals surface area contributed by atoms with Crippen LogP contribution in [0.15, 0.2) is 24.3 Å². The van der Waals surface area contributed by atoms with Crippen molar-refractivity contribution in [2.75, 3.05) is 7.11 Å². The predicted octanol–water partition coefficient (Wildman–Crippen LogP) is 2.58. The van der Waals surface area contributed by atoms with E-state index in [1.54, 1.807) is 14.0 Å². The summed E-state index contributed by atoms with van der Waals surface area (Å²) in [6, 6.07) is 7.49. The van der Waals surface area contributed by atoms with Gasteiger partial charge >= 0.3 is 5.97 Å². The Morgan fingerprint density at radius 1 is 1.20 bits per heavy atom. The molecule has 0 amide bonds. The minimum atomic E-state index is -0.803. The number of carboxylic acids is 1. The zero-order chi connectivity index (χ0) is 11.4. The molecule has 0 saturated heterocycles. The van der Waals surface area contributed by atoms with Gasteiger partial charge in [-0.05, 0) is 25.0 Å². The summed E-state index contributed by atoms with van der Waals surface area (Å²) in [7, 11) is 1.65. The summed E-state index contributed by atoms with van der Waals surface area (Å²) >= 11 is 0. The zero-order valence-electron chi connectivity index (χ0n) is 9.23. The summed E-state index contributed by atoms with van der Waals surface area (Å²) in [4.78, 5) is 10.8. The van der Waals surface area contributed by atoms with Crippen LogP contribution in [0, 0.1) is 0 Å². The summed E-state index contributed by atoms with van der Waals surface area (Å²) in [5.41, 5.74) is 1.87. The molecule has 15 heavy (non-hydrogen) atoms. The van der Waals surface area contributed by atoms with E-state index in [1.807, 2.05) is 31.2 Å². The van der Waals surface area contributed by atoms with Crippen LogP contribution < -0.4 is 0 Å². The predicted molar refractivity (Wildman–Crippen MR) is 57.9 cm³/mol. The van der Waals surface area contributed by atoms with Gasteiger partial charge in [0, 0.05) is 7.11 Å². The van der Waals surface area contributed by atoms with Crippen molar-refractivity contribution in [1.29, 1.82) is 0 Å². The van der Waals surface area contributed by atoms with Gasteiger partial charge in [0.1, 0.15) is 0 Å². The number of benzene rings is 1. The molecule has 1 aromatic carbocycles. The van der Waals surface area contributed by atoms with Crippen molar-refractivity contribution in [3.05, 3.63) is 35.4 Å². The number of carboxylic acid groups (broad SMARTS) is 1. The van der Waals surface area contributed by atoms with Gasteiger partial charge in [-0.2, -0.15) is 0 Å². The zero-order valence-corrected chi connectivity index (χ0v) is 9.23. The van der Waals surface area contributed by atoms with Crippen molar-refractivity contribution in [1.82, 2.24) is 0 Å². The number of hydrogen-bond donors (Lipinski definition) is 1. The molecule has 0 aliphatic rings. The molecule has 0 aliphatic heterocycles. The van der Waals surface area contributed by atoms with Crippen LogP contribution in [0.2, 0.25) is 0 Å². The van der Waals surface area contributed by atoms with Crippen LogP contribution in [-0.4, -0.2) is 18.2 Å². The highest BCUT2D eigenvalue weighted by Gasteiger charge is 2.13. The van der Waals surface area contributed by atoms with Crippen LogP contribution in [0.5, 0.6) is 0 Å². The fraction of sp³-hybridized carbons (Fsp3) is 0.417. The first-order valence-electron chi connectivity index (χ1n) is 4.91. The smallest absolute Gasteiger partial charge is 0.310 e. The van der Waals surface area contributed by atoms with Gasteiger partial charge < -0.3 is 9.84 Å². The van der Waals surface area contributed by atoms with Crippen molar-refractivity contribution in [3.8, 4) is 0 Å². The Bertz CT molecular complexity index is 329. The normalized spacial score (nSPS) is 14.6. The first kappa shape index (κ1) is 11.7. The second kappa shape index (κ2) is 4.94. The Kier molecular flexibility index (Phi) is 3.86. The molecule has 82 valence electrons. The minimum Gasteiger partial charge on any atom is -0.481 e. The Labute approximate surface area is 89.7 Å². The number of carbonyl (C=O) groups is 1. The van der Waals surface area contributed by atoms with Gasteiger partial charge in [-0.15, -0.1) is 0 Å². The first-order valence-corrected chi connectivity index (χ1v) is 4.91. The van der Waals surface area contributed by atoms with Crippen molar-refractivity contribution in [2.24, 2.45) is 0 Å². The highest BCUT2D eigenvalue weighted by molar-refractivity contribution is 5.75. The molecule has 0 unspecified atom stereocenters. The number of hydrogen-bond acceptors (Lipinski definition) is 2. The molecule has 0 heterocycles. The molecule has 0 fully saturated rings. The third-order valence-electron chi connectivity index (χ3n) is 2.63. The van der Waals surface area contributed by atoms with Gasteiger partial charge in [0.05, 0.1) is 12.0 Å². The summed E-state index contributed by atoms with van der Waals surface area (Å²) in [5, 5.41) is 8.84. The lowest BCUT2D eigenvalue weighted by Crippen LogP contribution is -2.07. The van der Waals surface area contributed by atoms with Crippen molar-refractivity contribution >= 4 is 5.97 Å². The minimum absolute atomic E-state index is 0.0409. The first-order chi connectivity index (χ1) is 7.06. The number of methoxy groups -OCH3 is 1. The van der Waals surface area contributed by atoms with Gasteiger partial charge in [-0.25, -0.2) is 0 Å². The molecule has 0 aromatic heterocycles. The van der Waals surface area contributed by atoms with Crippen LogP contribution in [0.3, 0.4) is 0 Å². The quantitative estimate of drug-likeness (QED) is 0.827. The van der Waals surface area contributed by atoms with Crippen molar-refractivity contribution in [3.63, 3.8) is 0 Å². The monoisotopic (exact) mass is 208 g/mol. The van der Waals surface area contributed by atoms with E-state index in [4.69, 9.17) is 9.84 Å². The summed E-state index contributed by atoms with van der Waals surface area (Å²) in [6.45, 7) is 3.63. The molecule has 0 aliphatic carbocycles. The molecule has 0 bridgehead atoms. The SMILES string of the molecule is CO[C@@H](C)c1ccc([C@@H](C)C(=O)O)cc1. The van der Waals surface area contributed by atoms with E-state index in [2.05, 4.69) is 0 Å². The van der Waals surface area contributed by atoms with Crippen molar-refractivity contribution < 1.29 is 14.6 Å². The number of rotatable bonds is 4. The van der Waals surface area contributed by atoms with Crippen LogP contribution >= 0.6 is 0 Å². The molecule has 1 aromatic rings. The van der Waals surface area contributed by atoms with E-state index in [1.165, 1.54) is 0 Å². The molecular formula is C12H16O3. The maximum Gasteiger partial charge on any atom is 0.310 e. The van der Waals surface area contributed by atoms with Gasteiger partial charge in [0.15, 0.2) is 0 Å². The maximum atomic E-state index is 10.8. The highest BCUT2D eigenvalue weighted by atomic mass is 16.5. The molecule has 2 atom stereocenters. The van der Waals surface area contributed by atoms with Gasteiger partial charge in [0.25, 0.3) is 0 Å². The maximum absolute atomic E-state index is 10.8. The third kappa shape index (κ3) is 2.80. The fourth-order valence-corrected chi connectivity index (χ4v) is 1.33. The second-order valence-electron chi connectivity index (χ2n) is 3.60. The van der Waals surface area contributed by atoms with Crippen LogP contribution in [0.4, 0.5) is 0 Å². The molecular weight excluding hydrogens is 192 g/mol. The van der Waals surface area contributed by atoms with E-state index in [0.717, 1.165) is 11.1 Å². The lowest BCUT2D eigenvalue weighted by molar-refractivity contribution is -0.138. The highest BCUT2D eigenvalue weighted by Crippen LogP contribution is 2.20. The van der Waals surface area contributed by atoms with E-state index >= 15 is 0 Å². The molecule has 1 rings (SSSR count). The molecule has 0 radical (unpaired) electrons. The summed E-state index contributed by atoms with van der Waals surface area (Å²) in [6.07, 6.45) is 0.0409. The topological polar surface area (TPSA) is 46.5 Å². The Morgan fingerprint density at radius 2 is 1.67 bits per heavy atom. The van der Waals surface area contributed by atoms with E-state index in [9.17, 15) is 4.79 Å². The summed E-state index contributed by atoms with van der Waals surface area (Å²) in [5.74, 6) is -1.26. The molecule has 1 N–H and O–H groups in total. The lowest BCUT2D eigenvalue weighted by Gasteiger charge is -2.11. The van der Waals surface area contributed by atoms with Gasteiger partial charge in [0.2, 0.25) is 0 Å². The molecule has 0 saturated carbocycles. The lowest BCUT2D eigenvalue weighted by atomic mass is 9.99. The van der Waals surface area contributed by atoms with E-state index < -0.39 is 11.9 Å². The van der Waals surface area contributed by atoms with Crippen LogP contribution in [0.25, 0.3) is 0 Å². The van der Waals surface area contributed by atoms with Crippen molar-refractivity contribution in [2.45, 2.75) is 25.9 Å². The summed E-state index contributed by atoms with van der Waals surface area (Å²) < 4.78 is 5.17. The van der Waals surface area contributed by atoms with Crippen LogP contribution in [-0.2, 0) is 9.53 Å². The molecule has 3 nitrogen and oxygen atoms in total. The Balaban J connectivity index is 2.85. The van der Waals surface area contributed by atoms with Gasteiger partial charge in [-0.3, -0.25) is 4.79 Å². The van der Waals surface area contributed by atoms with E-state index in [0.29, 0.717) is 0 Å². The van der Waals surface area contributed by atoms with Gasteiger partial charge in [-0.1, -0.05) is 24.3 Å².